The van der Waals surface area contributed by atoms with Crippen molar-refractivity contribution in [2.24, 2.45) is 5.92 Å². The minimum Gasteiger partial charge on any atom is -0.300 e. The van der Waals surface area contributed by atoms with Gasteiger partial charge in [-0.1, -0.05) is 11.6 Å². The monoisotopic (exact) mass is 421 g/mol. The van der Waals surface area contributed by atoms with Crippen molar-refractivity contribution in [3.8, 4) is 0 Å². The van der Waals surface area contributed by atoms with Crippen LogP contribution in [0.2, 0.25) is 5.02 Å². The number of carbonyl (C=O) groups is 2. The van der Waals surface area contributed by atoms with E-state index in [0.717, 1.165) is 12.7 Å². The van der Waals surface area contributed by atoms with E-state index in [9.17, 15) is 18.0 Å². The van der Waals surface area contributed by atoms with Crippen molar-refractivity contribution < 1.29 is 18.0 Å². The molecular formula is C19H20ClN3O4S. The number of hydrogen-bond acceptors (Lipinski definition) is 6. The minimum atomic E-state index is -3.48. The zero-order valence-electron chi connectivity index (χ0n) is 15.3. The van der Waals surface area contributed by atoms with E-state index in [1.165, 1.54) is 41.7 Å². The molecule has 0 saturated heterocycles. The fourth-order valence-electron chi connectivity index (χ4n) is 3.32. The Morgan fingerprint density at radius 3 is 2.68 bits per heavy atom. The van der Waals surface area contributed by atoms with E-state index in [0.29, 0.717) is 30.8 Å². The van der Waals surface area contributed by atoms with E-state index < -0.39 is 9.84 Å². The molecule has 1 amide bonds. The van der Waals surface area contributed by atoms with Gasteiger partial charge in [0.05, 0.1) is 21.8 Å². The quantitative estimate of drug-likeness (QED) is 0.709. The van der Waals surface area contributed by atoms with Crippen molar-refractivity contribution in [2.75, 3.05) is 11.2 Å². The first kappa shape index (κ1) is 20.4. The van der Waals surface area contributed by atoms with Gasteiger partial charge in [0.2, 0.25) is 5.91 Å². The summed E-state index contributed by atoms with van der Waals surface area (Å²) in [5, 5.41) is 0.0306. The molecule has 1 aromatic carbocycles. The molecule has 9 heteroatoms. The second-order valence-corrected chi connectivity index (χ2v) is 9.26. The van der Waals surface area contributed by atoms with Gasteiger partial charge in [-0.3, -0.25) is 19.5 Å². The Morgan fingerprint density at radius 1 is 1.32 bits per heavy atom. The number of benzene rings is 1. The SMILES string of the molecule is CS(=O)(=O)c1ccc(N(C(=O)CC[C@@H]2CCC(=O)C2)c2cnccn2)cc1Cl. The van der Waals surface area contributed by atoms with Gasteiger partial charge in [-0.2, -0.15) is 0 Å². The summed E-state index contributed by atoms with van der Waals surface area (Å²) in [5.41, 5.74) is 0.408. The van der Waals surface area contributed by atoms with Crippen LogP contribution in [0.5, 0.6) is 0 Å². The average molecular weight is 422 g/mol. The molecule has 0 aliphatic heterocycles. The smallest absolute Gasteiger partial charge is 0.232 e. The van der Waals surface area contributed by atoms with Crippen LogP contribution in [-0.2, 0) is 19.4 Å². The van der Waals surface area contributed by atoms with Gasteiger partial charge in [0, 0.05) is 37.9 Å². The lowest BCUT2D eigenvalue weighted by atomic mass is 10.0. The Morgan fingerprint density at radius 2 is 2.11 bits per heavy atom. The predicted molar refractivity (Wildman–Crippen MR) is 105 cm³/mol. The summed E-state index contributed by atoms with van der Waals surface area (Å²) in [6.07, 6.45) is 8.25. The van der Waals surface area contributed by atoms with Crippen molar-refractivity contribution in [2.45, 2.75) is 37.0 Å². The molecule has 1 fully saturated rings. The first-order valence-electron chi connectivity index (χ1n) is 8.86. The number of amides is 1. The van der Waals surface area contributed by atoms with Crippen molar-refractivity contribution in [1.29, 1.82) is 0 Å². The Kier molecular flexibility index (Phi) is 6.10. The third kappa shape index (κ3) is 4.74. The summed E-state index contributed by atoms with van der Waals surface area (Å²) in [6, 6.07) is 4.33. The Balaban J connectivity index is 1.88. The third-order valence-electron chi connectivity index (χ3n) is 4.72. The summed E-state index contributed by atoms with van der Waals surface area (Å²) >= 11 is 6.16. The van der Waals surface area contributed by atoms with Gasteiger partial charge < -0.3 is 0 Å². The molecule has 1 aliphatic rings. The zero-order chi connectivity index (χ0) is 20.3. The molecule has 0 unspecified atom stereocenters. The number of Topliss-reactive ketones (excluding diaryl/α,β-unsaturated/α-hetero) is 1. The molecule has 2 aromatic rings. The number of halogens is 1. The number of hydrogen-bond donors (Lipinski definition) is 0. The molecule has 1 atom stereocenters. The van der Waals surface area contributed by atoms with Gasteiger partial charge in [-0.25, -0.2) is 13.4 Å². The van der Waals surface area contributed by atoms with Crippen LogP contribution in [0, 0.1) is 5.92 Å². The normalized spacial score (nSPS) is 16.9. The molecule has 0 N–H and O–H groups in total. The molecule has 1 heterocycles. The second-order valence-electron chi connectivity index (χ2n) is 6.87. The summed E-state index contributed by atoms with van der Waals surface area (Å²) in [5.74, 6) is 0.559. The molecule has 1 saturated carbocycles. The molecule has 28 heavy (non-hydrogen) atoms. The number of sulfone groups is 1. The highest BCUT2D eigenvalue weighted by Gasteiger charge is 2.26. The van der Waals surface area contributed by atoms with E-state index in [1.807, 2.05) is 0 Å². The van der Waals surface area contributed by atoms with Crippen LogP contribution in [0.1, 0.15) is 32.1 Å². The summed E-state index contributed by atoms with van der Waals surface area (Å²) in [7, 11) is -3.48. The highest BCUT2D eigenvalue weighted by atomic mass is 35.5. The van der Waals surface area contributed by atoms with Crippen LogP contribution in [0.15, 0.2) is 41.7 Å². The van der Waals surface area contributed by atoms with Crippen LogP contribution in [0.3, 0.4) is 0 Å². The molecule has 148 valence electrons. The van der Waals surface area contributed by atoms with Gasteiger partial charge in [0.25, 0.3) is 0 Å². The van der Waals surface area contributed by atoms with E-state index in [4.69, 9.17) is 11.6 Å². The molecule has 0 spiro atoms. The zero-order valence-corrected chi connectivity index (χ0v) is 16.9. The fraction of sp³-hybridized carbons (Fsp3) is 0.368. The number of aromatic nitrogens is 2. The van der Waals surface area contributed by atoms with Gasteiger partial charge in [-0.05, 0) is 37.0 Å². The minimum absolute atomic E-state index is 0.00562. The maximum Gasteiger partial charge on any atom is 0.232 e. The van der Waals surface area contributed by atoms with Crippen LogP contribution >= 0.6 is 11.6 Å². The first-order valence-corrected chi connectivity index (χ1v) is 11.1. The summed E-state index contributed by atoms with van der Waals surface area (Å²) in [6.45, 7) is 0. The van der Waals surface area contributed by atoms with Crippen LogP contribution in [-0.4, -0.2) is 36.3 Å². The van der Waals surface area contributed by atoms with Crippen molar-refractivity contribution in [3.05, 3.63) is 41.8 Å². The van der Waals surface area contributed by atoms with Crippen molar-refractivity contribution >= 4 is 44.6 Å². The molecule has 7 nitrogen and oxygen atoms in total. The summed E-state index contributed by atoms with van der Waals surface area (Å²) < 4.78 is 23.6. The highest BCUT2D eigenvalue weighted by Crippen LogP contribution is 2.32. The van der Waals surface area contributed by atoms with E-state index in [-0.39, 0.29) is 33.9 Å². The number of carbonyl (C=O) groups excluding carboxylic acids is 2. The predicted octanol–water partition coefficient (Wildman–Crippen LogP) is 3.35. The number of ketones is 1. The fourth-order valence-corrected chi connectivity index (χ4v) is 4.64. The van der Waals surface area contributed by atoms with Gasteiger partial charge in [-0.15, -0.1) is 0 Å². The number of rotatable bonds is 6. The maximum absolute atomic E-state index is 13.0. The lowest BCUT2D eigenvalue weighted by Crippen LogP contribution is -2.27. The molecule has 3 rings (SSSR count). The Hall–Kier alpha value is -2.32. The lowest BCUT2D eigenvalue weighted by molar-refractivity contribution is -0.119. The van der Waals surface area contributed by atoms with E-state index >= 15 is 0 Å². The van der Waals surface area contributed by atoms with Crippen LogP contribution in [0.4, 0.5) is 11.5 Å². The van der Waals surface area contributed by atoms with Crippen molar-refractivity contribution in [3.63, 3.8) is 0 Å². The average Bonchev–Trinajstić information content (AvgIpc) is 3.05. The van der Waals surface area contributed by atoms with Gasteiger partial charge in [0.1, 0.15) is 5.78 Å². The first-order chi connectivity index (χ1) is 13.3. The van der Waals surface area contributed by atoms with E-state index in [2.05, 4.69) is 9.97 Å². The molecular weight excluding hydrogens is 402 g/mol. The standard InChI is InChI=1S/C19H20ClN3O4S/c1-28(26,27)17-6-4-14(11-16(17)20)23(18-12-21-8-9-22-18)19(25)7-3-13-2-5-15(24)10-13/h4,6,8-9,11-13H,2-3,5,7,10H2,1H3/t13-/m0/s1. The van der Waals surface area contributed by atoms with Crippen molar-refractivity contribution in [1.82, 2.24) is 9.97 Å². The number of anilines is 2. The molecule has 1 aromatic heterocycles. The Bertz CT molecular complexity index is 995. The molecule has 0 radical (unpaired) electrons. The van der Waals surface area contributed by atoms with E-state index in [1.54, 1.807) is 0 Å². The van der Waals surface area contributed by atoms with Gasteiger partial charge in [0.15, 0.2) is 15.7 Å². The molecule has 1 aliphatic carbocycles. The topological polar surface area (TPSA) is 97.3 Å². The van der Waals surface area contributed by atoms with Gasteiger partial charge >= 0.3 is 0 Å². The summed E-state index contributed by atoms with van der Waals surface area (Å²) in [4.78, 5) is 34.0. The van der Waals surface area contributed by atoms with Crippen LogP contribution < -0.4 is 4.90 Å². The largest absolute Gasteiger partial charge is 0.300 e. The lowest BCUT2D eigenvalue weighted by Gasteiger charge is -2.23. The second kappa shape index (κ2) is 8.36. The maximum atomic E-state index is 13.0. The number of nitrogens with zero attached hydrogens (tertiary/aromatic N) is 3. The Labute approximate surface area is 168 Å². The third-order valence-corrected chi connectivity index (χ3v) is 6.30. The highest BCUT2D eigenvalue weighted by molar-refractivity contribution is 7.90. The van der Waals surface area contributed by atoms with Crippen LogP contribution in [0.25, 0.3) is 0 Å². The molecule has 0 bridgehead atoms.